The molecule has 1 aromatic heterocycles. The van der Waals surface area contributed by atoms with Gasteiger partial charge in [0.1, 0.15) is 28.3 Å². The van der Waals surface area contributed by atoms with E-state index in [0.717, 1.165) is 29.3 Å². The maximum atomic E-state index is 9.12. The van der Waals surface area contributed by atoms with E-state index in [4.69, 9.17) is 10.00 Å². The molecule has 2 aromatic rings. The van der Waals surface area contributed by atoms with Gasteiger partial charge in [-0.15, -0.1) is 11.3 Å². The smallest absolute Gasteiger partial charge is 0.140 e. The zero-order valence-electron chi connectivity index (χ0n) is 12.7. The van der Waals surface area contributed by atoms with Crippen molar-refractivity contribution >= 4 is 11.3 Å². The maximum Gasteiger partial charge on any atom is 0.140 e. The lowest BCUT2D eigenvalue weighted by atomic mass is 10.0. The first-order valence-corrected chi connectivity index (χ1v) is 8.07. The molecule has 0 aliphatic heterocycles. The van der Waals surface area contributed by atoms with Crippen LogP contribution in [-0.2, 0) is 13.0 Å². The second-order valence-electron chi connectivity index (χ2n) is 5.26. The molecule has 0 amide bonds. The van der Waals surface area contributed by atoms with E-state index in [2.05, 4.69) is 44.0 Å². The molecule has 21 heavy (non-hydrogen) atoms. The molecule has 0 spiro atoms. The summed E-state index contributed by atoms with van der Waals surface area (Å²) in [6, 6.07) is 10.4. The summed E-state index contributed by atoms with van der Waals surface area (Å²) >= 11 is 1.43. The average molecular weight is 300 g/mol. The highest BCUT2D eigenvalue weighted by atomic mass is 32.1. The molecule has 2 rings (SSSR count). The molecular weight excluding hydrogens is 280 g/mol. The van der Waals surface area contributed by atoms with Gasteiger partial charge >= 0.3 is 0 Å². The quantitative estimate of drug-likeness (QED) is 0.778. The molecular formula is C17H20N2OS. The van der Waals surface area contributed by atoms with Gasteiger partial charge < -0.3 is 4.74 Å². The van der Waals surface area contributed by atoms with Crippen LogP contribution >= 0.6 is 11.3 Å². The topological polar surface area (TPSA) is 45.9 Å². The first-order valence-electron chi connectivity index (χ1n) is 7.25. The van der Waals surface area contributed by atoms with Gasteiger partial charge in [-0.1, -0.05) is 39.3 Å². The maximum absolute atomic E-state index is 9.12. The van der Waals surface area contributed by atoms with Crippen molar-refractivity contribution in [1.82, 2.24) is 4.98 Å². The fourth-order valence-electron chi connectivity index (χ4n) is 2.06. The van der Waals surface area contributed by atoms with E-state index in [9.17, 15) is 0 Å². The van der Waals surface area contributed by atoms with E-state index in [1.54, 1.807) is 0 Å². The van der Waals surface area contributed by atoms with E-state index in [-0.39, 0.29) is 0 Å². The van der Waals surface area contributed by atoms with Gasteiger partial charge in [-0.25, -0.2) is 4.98 Å². The summed E-state index contributed by atoms with van der Waals surface area (Å²) in [5.41, 5.74) is 2.16. The monoisotopic (exact) mass is 300 g/mol. The van der Waals surface area contributed by atoms with Crippen molar-refractivity contribution in [2.75, 3.05) is 0 Å². The summed E-state index contributed by atoms with van der Waals surface area (Å²) in [4.78, 5) is 5.23. The van der Waals surface area contributed by atoms with Crippen molar-refractivity contribution < 1.29 is 4.74 Å². The molecule has 110 valence electrons. The molecule has 4 heteroatoms. The fourth-order valence-corrected chi connectivity index (χ4v) is 2.89. The largest absolute Gasteiger partial charge is 0.486 e. The van der Waals surface area contributed by atoms with Crippen molar-refractivity contribution in [3.8, 4) is 11.8 Å². The van der Waals surface area contributed by atoms with Crippen LogP contribution in [0.25, 0.3) is 0 Å². The Morgan fingerprint density at radius 2 is 2.19 bits per heavy atom. The molecule has 0 N–H and O–H groups in total. The minimum Gasteiger partial charge on any atom is -0.486 e. The number of thiazole rings is 1. The minimum atomic E-state index is 0.421. The summed E-state index contributed by atoms with van der Waals surface area (Å²) < 4.78 is 5.81. The molecule has 0 aliphatic rings. The first kappa shape index (κ1) is 15.5. The first-order chi connectivity index (χ1) is 10.1. The van der Waals surface area contributed by atoms with Crippen LogP contribution in [0.3, 0.4) is 0 Å². The third-order valence-corrected chi connectivity index (χ3v) is 4.19. The van der Waals surface area contributed by atoms with Crippen LogP contribution in [0.4, 0.5) is 0 Å². The normalized spacial score (nSPS) is 10.6. The molecule has 0 atom stereocenters. The van der Waals surface area contributed by atoms with E-state index >= 15 is 0 Å². The average Bonchev–Trinajstić information content (AvgIpc) is 2.88. The van der Waals surface area contributed by atoms with Crippen molar-refractivity contribution in [2.24, 2.45) is 0 Å². The standard InChI is InChI=1S/C17H20N2OS/c1-4-6-15-16(10-18)21-17(19-15)11-20-14-8-5-7-13(9-14)12(2)3/h5,7-9,12H,4,6,11H2,1-3H3. The van der Waals surface area contributed by atoms with E-state index < -0.39 is 0 Å². The number of nitrogens with zero attached hydrogens (tertiary/aromatic N) is 2. The van der Waals surface area contributed by atoms with Crippen LogP contribution in [0.2, 0.25) is 0 Å². The van der Waals surface area contributed by atoms with Gasteiger partial charge in [-0.3, -0.25) is 0 Å². The Kier molecular flexibility index (Phi) is 5.35. The van der Waals surface area contributed by atoms with E-state index in [0.29, 0.717) is 17.4 Å². The third kappa shape index (κ3) is 4.05. The summed E-state index contributed by atoms with van der Waals surface area (Å²) in [7, 11) is 0. The molecule has 0 unspecified atom stereocenters. The number of nitriles is 1. The Morgan fingerprint density at radius 1 is 1.38 bits per heavy atom. The number of benzene rings is 1. The van der Waals surface area contributed by atoms with Gasteiger partial charge in [-0.05, 0) is 30.0 Å². The zero-order valence-corrected chi connectivity index (χ0v) is 13.5. The van der Waals surface area contributed by atoms with Gasteiger partial charge in [0.2, 0.25) is 0 Å². The Labute approximate surface area is 130 Å². The van der Waals surface area contributed by atoms with E-state index in [1.165, 1.54) is 16.9 Å². The van der Waals surface area contributed by atoms with Crippen molar-refractivity contribution in [1.29, 1.82) is 5.26 Å². The second-order valence-corrected chi connectivity index (χ2v) is 6.34. The van der Waals surface area contributed by atoms with Gasteiger partial charge in [0.05, 0.1) is 5.69 Å². The highest BCUT2D eigenvalue weighted by Crippen LogP contribution is 2.23. The summed E-state index contributed by atoms with van der Waals surface area (Å²) in [6.45, 7) is 6.84. The summed E-state index contributed by atoms with van der Waals surface area (Å²) in [6.07, 6.45) is 1.84. The van der Waals surface area contributed by atoms with Crippen molar-refractivity contribution in [3.05, 3.63) is 45.4 Å². The molecule has 0 bridgehead atoms. The summed E-state index contributed by atoms with van der Waals surface area (Å²) in [5.74, 6) is 1.33. The van der Waals surface area contributed by atoms with Gasteiger partial charge in [0.25, 0.3) is 0 Å². The number of aryl methyl sites for hydroxylation is 1. The van der Waals surface area contributed by atoms with E-state index in [1.807, 2.05) is 12.1 Å². The van der Waals surface area contributed by atoms with Crippen LogP contribution < -0.4 is 4.74 Å². The number of aromatic nitrogens is 1. The zero-order chi connectivity index (χ0) is 15.2. The SMILES string of the molecule is CCCc1nc(COc2cccc(C(C)C)c2)sc1C#N. The lowest BCUT2D eigenvalue weighted by Gasteiger charge is -2.08. The number of hydrogen-bond acceptors (Lipinski definition) is 4. The molecule has 1 aromatic carbocycles. The number of ether oxygens (including phenoxy) is 1. The molecule has 0 saturated heterocycles. The van der Waals surface area contributed by atoms with Crippen LogP contribution in [0.5, 0.6) is 5.75 Å². The van der Waals surface area contributed by atoms with Crippen LogP contribution in [0.1, 0.15) is 54.3 Å². The van der Waals surface area contributed by atoms with Gasteiger partial charge in [-0.2, -0.15) is 5.26 Å². The minimum absolute atomic E-state index is 0.421. The molecule has 0 radical (unpaired) electrons. The molecule has 1 heterocycles. The van der Waals surface area contributed by atoms with Crippen LogP contribution in [0.15, 0.2) is 24.3 Å². The van der Waals surface area contributed by atoms with Crippen LogP contribution in [-0.4, -0.2) is 4.98 Å². The predicted octanol–water partition coefficient (Wildman–Crippen LogP) is 4.67. The molecule has 0 saturated carbocycles. The lowest BCUT2D eigenvalue weighted by Crippen LogP contribution is -1.97. The van der Waals surface area contributed by atoms with Gasteiger partial charge in [0, 0.05) is 0 Å². The predicted molar refractivity (Wildman–Crippen MR) is 85.7 cm³/mol. The molecule has 3 nitrogen and oxygen atoms in total. The highest BCUT2D eigenvalue weighted by Gasteiger charge is 2.10. The highest BCUT2D eigenvalue weighted by molar-refractivity contribution is 7.12. The molecule has 0 aliphatic carbocycles. The van der Waals surface area contributed by atoms with Gasteiger partial charge in [0.15, 0.2) is 0 Å². The Balaban J connectivity index is 2.06. The molecule has 0 fully saturated rings. The third-order valence-electron chi connectivity index (χ3n) is 3.22. The van der Waals surface area contributed by atoms with Crippen LogP contribution in [0, 0.1) is 11.3 Å². The second kappa shape index (κ2) is 7.24. The van der Waals surface area contributed by atoms with Crippen molar-refractivity contribution in [3.63, 3.8) is 0 Å². The summed E-state index contributed by atoms with van der Waals surface area (Å²) in [5, 5.41) is 9.99. The number of rotatable bonds is 6. The Bertz CT molecular complexity index is 640. The van der Waals surface area contributed by atoms with Crippen molar-refractivity contribution in [2.45, 2.75) is 46.1 Å². The lowest BCUT2D eigenvalue weighted by molar-refractivity contribution is 0.305. The number of hydrogen-bond donors (Lipinski definition) is 0. The fraction of sp³-hybridized carbons (Fsp3) is 0.412. The Hall–Kier alpha value is -1.86. The Morgan fingerprint density at radius 3 is 2.86 bits per heavy atom.